The van der Waals surface area contributed by atoms with E-state index in [1.165, 1.54) is 12.1 Å². The van der Waals surface area contributed by atoms with E-state index in [0.29, 0.717) is 25.2 Å². The third kappa shape index (κ3) is 4.17. The molecule has 0 aliphatic rings. The van der Waals surface area contributed by atoms with Crippen molar-refractivity contribution in [2.45, 2.75) is 13.0 Å². The van der Waals surface area contributed by atoms with E-state index in [1.54, 1.807) is 30.6 Å². The van der Waals surface area contributed by atoms with Gasteiger partial charge < -0.3 is 15.2 Å². The number of aromatic nitrogens is 2. The Morgan fingerprint density at radius 2 is 2.21 bits per heavy atom. The molecular formula is C18H19FN4O. The molecule has 0 unspecified atom stereocenters. The number of pyridine rings is 1. The van der Waals surface area contributed by atoms with E-state index in [9.17, 15) is 9.18 Å². The first-order chi connectivity index (χ1) is 11.6. The van der Waals surface area contributed by atoms with Gasteiger partial charge in [-0.05, 0) is 43.4 Å². The quantitative estimate of drug-likeness (QED) is 0.731. The third-order valence-electron chi connectivity index (χ3n) is 3.74. The lowest BCUT2D eigenvalue weighted by molar-refractivity contribution is -0.116. The molecule has 5 nitrogen and oxygen atoms in total. The number of halogens is 1. The van der Waals surface area contributed by atoms with Crippen LogP contribution in [0.4, 0.5) is 10.1 Å². The van der Waals surface area contributed by atoms with E-state index >= 15 is 0 Å². The lowest BCUT2D eigenvalue weighted by atomic mass is 10.2. The van der Waals surface area contributed by atoms with Crippen LogP contribution in [0.1, 0.15) is 12.1 Å². The molecule has 124 valence electrons. The summed E-state index contributed by atoms with van der Waals surface area (Å²) in [4.78, 5) is 21.2. The predicted molar refractivity (Wildman–Crippen MR) is 92.1 cm³/mol. The largest absolute Gasteiger partial charge is 0.357 e. The van der Waals surface area contributed by atoms with Gasteiger partial charge in [-0.3, -0.25) is 9.78 Å². The number of hydrogen-bond donors (Lipinski definition) is 2. The Balaban J connectivity index is 1.51. The lowest BCUT2D eigenvalue weighted by Crippen LogP contribution is -2.24. The Kier molecular flexibility index (Phi) is 4.86. The molecule has 2 N–H and O–H groups in total. The number of hydrogen-bond acceptors (Lipinski definition) is 3. The summed E-state index contributed by atoms with van der Waals surface area (Å²) in [5, 5.41) is 3.67. The molecule has 2 aromatic heterocycles. The van der Waals surface area contributed by atoms with Gasteiger partial charge in [0.05, 0.1) is 11.9 Å². The molecule has 0 aliphatic heterocycles. The van der Waals surface area contributed by atoms with E-state index in [0.717, 1.165) is 16.6 Å². The highest BCUT2D eigenvalue weighted by Gasteiger charge is 2.08. The van der Waals surface area contributed by atoms with Crippen LogP contribution in [-0.4, -0.2) is 34.4 Å². The molecule has 0 saturated carbocycles. The summed E-state index contributed by atoms with van der Waals surface area (Å²) in [5.41, 5.74) is 2.60. The number of amides is 1. The summed E-state index contributed by atoms with van der Waals surface area (Å²) in [6.07, 6.45) is 3.67. The fourth-order valence-electron chi connectivity index (χ4n) is 2.57. The Hall–Kier alpha value is -2.73. The molecule has 2 heterocycles. The summed E-state index contributed by atoms with van der Waals surface area (Å²) >= 11 is 0. The van der Waals surface area contributed by atoms with Crippen LogP contribution in [0.3, 0.4) is 0 Å². The summed E-state index contributed by atoms with van der Waals surface area (Å²) in [6.45, 7) is 1.28. The van der Waals surface area contributed by atoms with Crippen molar-refractivity contribution in [1.29, 1.82) is 0 Å². The number of fused-ring (bicyclic) bond motifs is 1. The minimum atomic E-state index is -0.242. The Morgan fingerprint density at radius 3 is 3.00 bits per heavy atom. The SMILES string of the molecule is CN(CCC(=O)Nc1cccnc1)Cc1cc2cc(F)ccc2[nH]1. The summed E-state index contributed by atoms with van der Waals surface area (Å²) in [7, 11) is 1.95. The van der Waals surface area contributed by atoms with Crippen molar-refractivity contribution in [1.82, 2.24) is 14.9 Å². The Morgan fingerprint density at radius 1 is 1.33 bits per heavy atom. The van der Waals surface area contributed by atoms with Gasteiger partial charge in [-0.1, -0.05) is 0 Å². The topological polar surface area (TPSA) is 61.0 Å². The van der Waals surface area contributed by atoms with Crippen LogP contribution < -0.4 is 5.32 Å². The zero-order chi connectivity index (χ0) is 16.9. The highest BCUT2D eigenvalue weighted by molar-refractivity contribution is 5.90. The van der Waals surface area contributed by atoms with Crippen molar-refractivity contribution < 1.29 is 9.18 Å². The number of carbonyl (C=O) groups excluding carboxylic acids is 1. The first-order valence-electron chi connectivity index (χ1n) is 7.76. The number of rotatable bonds is 6. The molecule has 0 saturated heterocycles. The lowest BCUT2D eigenvalue weighted by Gasteiger charge is -2.15. The van der Waals surface area contributed by atoms with E-state index in [4.69, 9.17) is 0 Å². The number of benzene rings is 1. The van der Waals surface area contributed by atoms with Crippen molar-refractivity contribution in [3.63, 3.8) is 0 Å². The van der Waals surface area contributed by atoms with E-state index in [1.807, 2.05) is 18.0 Å². The Bertz CT molecular complexity index is 831. The van der Waals surface area contributed by atoms with Crippen LogP contribution in [0.25, 0.3) is 10.9 Å². The van der Waals surface area contributed by atoms with Crippen molar-refractivity contribution in [2.75, 3.05) is 18.9 Å². The van der Waals surface area contributed by atoms with E-state index in [2.05, 4.69) is 15.3 Å². The van der Waals surface area contributed by atoms with E-state index < -0.39 is 0 Å². The van der Waals surface area contributed by atoms with Crippen LogP contribution in [-0.2, 0) is 11.3 Å². The van der Waals surface area contributed by atoms with Crippen molar-refractivity contribution in [2.24, 2.45) is 0 Å². The molecule has 3 aromatic rings. The highest BCUT2D eigenvalue weighted by atomic mass is 19.1. The zero-order valence-corrected chi connectivity index (χ0v) is 13.4. The molecule has 6 heteroatoms. The maximum absolute atomic E-state index is 13.2. The summed E-state index contributed by atoms with van der Waals surface area (Å²) < 4.78 is 13.2. The van der Waals surface area contributed by atoms with Gasteiger partial charge in [-0.15, -0.1) is 0 Å². The fraction of sp³-hybridized carbons (Fsp3) is 0.222. The molecule has 0 radical (unpaired) electrons. The second-order valence-electron chi connectivity index (χ2n) is 5.80. The molecule has 0 atom stereocenters. The zero-order valence-electron chi connectivity index (χ0n) is 13.4. The second kappa shape index (κ2) is 7.23. The Labute approximate surface area is 139 Å². The van der Waals surface area contributed by atoms with Gasteiger partial charge in [0.2, 0.25) is 5.91 Å². The van der Waals surface area contributed by atoms with E-state index in [-0.39, 0.29) is 11.7 Å². The van der Waals surface area contributed by atoms with Gasteiger partial charge in [-0.2, -0.15) is 0 Å². The molecule has 0 aliphatic carbocycles. The van der Waals surface area contributed by atoms with Gasteiger partial charge in [0.1, 0.15) is 5.82 Å². The first-order valence-corrected chi connectivity index (χ1v) is 7.76. The number of aromatic amines is 1. The summed E-state index contributed by atoms with van der Waals surface area (Å²) in [5.74, 6) is -0.290. The maximum Gasteiger partial charge on any atom is 0.225 e. The van der Waals surface area contributed by atoms with Gasteiger partial charge >= 0.3 is 0 Å². The monoisotopic (exact) mass is 326 g/mol. The fourth-order valence-corrected chi connectivity index (χ4v) is 2.57. The number of nitrogens with zero attached hydrogens (tertiary/aromatic N) is 2. The molecule has 24 heavy (non-hydrogen) atoms. The molecular weight excluding hydrogens is 307 g/mol. The third-order valence-corrected chi connectivity index (χ3v) is 3.74. The number of carbonyl (C=O) groups is 1. The average Bonchev–Trinajstić information content (AvgIpc) is 2.95. The predicted octanol–water partition coefficient (Wildman–Crippen LogP) is 3.16. The number of H-pyrrole nitrogens is 1. The molecule has 0 fully saturated rings. The molecule has 1 aromatic carbocycles. The van der Waals surface area contributed by atoms with Crippen LogP contribution in [0, 0.1) is 5.82 Å². The molecule has 0 bridgehead atoms. The normalized spacial score (nSPS) is 11.1. The molecule has 1 amide bonds. The van der Waals surface area contributed by atoms with Crippen LogP contribution in [0.15, 0.2) is 48.8 Å². The minimum absolute atomic E-state index is 0.0476. The van der Waals surface area contributed by atoms with Gasteiger partial charge in [0, 0.05) is 42.3 Å². The van der Waals surface area contributed by atoms with Gasteiger partial charge in [0.25, 0.3) is 0 Å². The second-order valence-corrected chi connectivity index (χ2v) is 5.80. The maximum atomic E-state index is 13.2. The average molecular weight is 326 g/mol. The first kappa shape index (κ1) is 16.1. The van der Waals surface area contributed by atoms with Gasteiger partial charge in [0.15, 0.2) is 0 Å². The van der Waals surface area contributed by atoms with Crippen molar-refractivity contribution in [3.05, 3.63) is 60.3 Å². The highest BCUT2D eigenvalue weighted by Crippen LogP contribution is 2.17. The standard InChI is InChI=1S/C18H19FN4O/c1-23(8-6-18(24)22-15-3-2-7-20-11-15)12-16-10-13-9-14(19)4-5-17(13)21-16/h2-5,7,9-11,21H,6,8,12H2,1H3,(H,22,24). The summed E-state index contributed by atoms with van der Waals surface area (Å²) in [6, 6.07) is 10.2. The van der Waals surface area contributed by atoms with Crippen LogP contribution in [0.2, 0.25) is 0 Å². The molecule has 3 rings (SSSR count). The number of anilines is 1. The number of nitrogens with one attached hydrogen (secondary N) is 2. The van der Waals surface area contributed by atoms with Gasteiger partial charge in [-0.25, -0.2) is 4.39 Å². The van der Waals surface area contributed by atoms with Crippen molar-refractivity contribution in [3.8, 4) is 0 Å². The minimum Gasteiger partial charge on any atom is -0.357 e. The van der Waals surface area contributed by atoms with Crippen LogP contribution >= 0.6 is 0 Å². The van der Waals surface area contributed by atoms with Crippen molar-refractivity contribution >= 4 is 22.5 Å². The molecule has 0 spiro atoms. The van der Waals surface area contributed by atoms with Crippen LogP contribution in [0.5, 0.6) is 0 Å². The smallest absolute Gasteiger partial charge is 0.225 e.